The summed E-state index contributed by atoms with van der Waals surface area (Å²) >= 11 is 0. The molecule has 0 aromatic heterocycles. The third kappa shape index (κ3) is 2.34. The zero-order valence-electron chi connectivity index (χ0n) is 8.44. The highest BCUT2D eigenvalue weighted by Crippen LogP contribution is 2.34. The molecule has 2 rings (SSSR count). The Morgan fingerprint density at radius 1 is 1.36 bits per heavy atom. The highest BCUT2D eigenvalue weighted by molar-refractivity contribution is 5.13. The van der Waals surface area contributed by atoms with E-state index in [1.165, 1.54) is 5.56 Å². The number of benzene rings is 1. The van der Waals surface area contributed by atoms with E-state index in [1.807, 2.05) is 25.1 Å². The van der Waals surface area contributed by atoms with Crippen molar-refractivity contribution in [3.05, 3.63) is 35.9 Å². The summed E-state index contributed by atoms with van der Waals surface area (Å²) in [5.41, 5.74) is 0.709. The molecule has 14 heavy (non-hydrogen) atoms. The molecule has 1 aliphatic carbocycles. The Hall–Kier alpha value is -0.860. The van der Waals surface area contributed by atoms with E-state index >= 15 is 0 Å². The second-order valence-corrected chi connectivity index (χ2v) is 4.32. The topological polar surface area (TPSA) is 29.5 Å². The van der Waals surface area contributed by atoms with Crippen molar-refractivity contribution in [2.75, 3.05) is 0 Å². The minimum Gasteiger partial charge on any atom is -0.390 e. The van der Waals surface area contributed by atoms with Gasteiger partial charge in [0.2, 0.25) is 0 Å². The van der Waals surface area contributed by atoms with Crippen LogP contribution in [0.25, 0.3) is 0 Å². The largest absolute Gasteiger partial charge is 0.390 e. The standard InChI is InChI=1S/C12H16O2/c1-12(13)7-11(8-12)14-9-10-5-3-2-4-6-10/h2-6,11,13H,7-9H2,1H3. The predicted molar refractivity (Wildman–Crippen MR) is 54.9 cm³/mol. The maximum Gasteiger partial charge on any atom is 0.0720 e. The molecular weight excluding hydrogens is 176 g/mol. The molecule has 1 aliphatic rings. The molecule has 0 aliphatic heterocycles. The van der Waals surface area contributed by atoms with Gasteiger partial charge in [-0.15, -0.1) is 0 Å². The number of ether oxygens (including phenoxy) is 1. The second kappa shape index (κ2) is 3.71. The van der Waals surface area contributed by atoms with E-state index in [0.717, 1.165) is 12.8 Å². The van der Waals surface area contributed by atoms with Crippen molar-refractivity contribution in [2.45, 2.75) is 38.1 Å². The molecule has 0 unspecified atom stereocenters. The van der Waals surface area contributed by atoms with Crippen molar-refractivity contribution in [1.82, 2.24) is 0 Å². The molecule has 0 bridgehead atoms. The Balaban J connectivity index is 1.75. The van der Waals surface area contributed by atoms with Gasteiger partial charge in [0.1, 0.15) is 0 Å². The van der Waals surface area contributed by atoms with Gasteiger partial charge in [-0.05, 0) is 12.5 Å². The van der Waals surface area contributed by atoms with Crippen molar-refractivity contribution < 1.29 is 9.84 Å². The lowest BCUT2D eigenvalue weighted by Crippen LogP contribution is -2.45. The summed E-state index contributed by atoms with van der Waals surface area (Å²) in [5, 5.41) is 9.50. The van der Waals surface area contributed by atoms with Gasteiger partial charge in [0.25, 0.3) is 0 Å². The van der Waals surface area contributed by atoms with Crippen LogP contribution >= 0.6 is 0 Å². The minimum absolute atomic E-state index is 0.241. The van der Waals surface area contributed by atoms with Gasteiger partial charge in [0.15, 0.2) is 0 Å². The Bertz CT molecular complexity index is 284. The van der Waals surface area contributed by atoms with E-state index in [4.69, 9.17) is 4.74 Å². The Morgan fingerprint density at radius 3 is 2.57 bits per heavy atom. The van der Waals surface area contributed by atoms with Gasteiger partial charge in [-0.1, -0.05) is 30.3 Å². The number of rotatable bonds is 3. The normalized spacial score (nSPS) is 31.1. The first-order valence-electron chi connectivity index (χ1n) is 5.04. The zero-order chi connectivity index (χ0) is 10.0. The van der Waals surface area contributed by atoms with Crippen LogP contribution in [-0.4, -0.2) is 16.8 Å². The lowest BCUT2D eigenvalue weighted by molar-refractivity contribution is -0.133. The van der Waals surface area contributed by atoms with Crippen molar-refractivity contribution in [2.24, 2.45) is 0 Å². The van der Waals surface area contributed by atoms with Gasteiger partial charge >= 0.3 is 0 Å². The predicted octanol–water partition coefficient (Wildman–Crippen LogP) is 2.12. The molecule has 0 heterocycles. The maximum absolute atomic E-state index is 9.50. The van der Waals surface area contributed by atoms with Gasteiger partial charge in [0, 0.05) is 12.8 Å². The van der Waals surface area contributed by atoms with Crippen molar-refractivity contribution in [1.29, 1.82) is 0 Å². The summed E-state index contributed by atoms with van der Waals surface area (Å²) < 4.78 is 5.64. The first kappa shape index (κ1) is 9.69. The van der Waals surface area contributed by atoms with Crippen molar-refractivity contribution in [3.8, 4) is 0 Å². The third-order valence-electron chi connectivity index (χ3n) is 2.66. The van der Waals surface area contributed by atoms with Crippen LogP contribution in [-0.2, 0) is 11.3 Å². The van der Waals surface area contributed by atoms with E-state index in [2.05, 4.69) is 12.1 Å². The highest BCUT2D eigenvalue weighted by Gasteiger charge is 2.38. The molecule has 76 valence electrons. The quantitative estimate of drug-likeness (QED) is 0.794. The van der Waals surface area contributed by atoms with Crippen molar-refractivity contribution >= 4 is 0 Å². The average Bonchev–Trinajstić information content (AvgIpc) is 2.13. The zero-order valence-corrected chi connectivity index (χ0v) is 8.44. The van der Waals surface area contributed by atoms with E-state index in [0.29, 0.717) is 6.61 Å². The van der Waals surface area contributed by atoms with Crippen LogP contribution < -0.4 is 0 Å². The van der Waals surface area contributed by atoms with E-state index in [-0.39, 0.29) is 6.10 Å². The van der Waals surface area contributed by atoms with Gasteiger partial charge < -0.3 is 9.84 Å². The summed E-state index contributed by atoms with van der Waals surface area (Å²) in [6, 6.07) is 10.1. The highest BCUT2D eigenvalue weighted by atomic mass is 16.5. The molecule has 2 nitrogen and oxygen atoms in total. The Labute approximate surface area is 84.5 Å². The first-order chi connectivity index (χ1) is 6.66. The molecule has 1 fully saturated rings. The summed E-state index contributed by atoms with van der Waals surface area (Å²) in [4.78, 5) is 0. The van der Waals surface area contributed by atoms with Crippen LogP contribution in [0.1, 0.15) is 25.3 Å². The molecule has 0 spiro atoms. The SMILES string of the molecule is CC1(O)CC(OCc2ccccc2)C1. The maximum atomic E-state index is 9.50. The molecule has 0 atom stereocenters. The van der Waals surface area contributed by atoms with Gasteiger partial charge in [-0.2, -0.15) is 0 Å². The monoisotopic (exact) mass is 192 g/mol. The molecule has 2 heteroatoms. The lowest BCUT2D eigenvalue weighted by atomic mass is 9.79. The van der Waals surface area contributed by atoms with Crippen LogP contribution in [0.4, 0.5) is 0 Å². The fourth-order valence-corrected chi connectivity index (χ4v) is 1.83. The first-order valence-corrected chi connectivity index (χ1v) is 5.04. The van der Waals surface area contributed by atoms with E-state index in [1.54, 1.807) is 0 Å². The van der Waals surface area contributed by atoms with Gasteiger partial charge in [-0.25, -0.2) is 0 Å². The van der Waals surface area contributed by atoms with Crippen LogP contribution in [0.3, 0.4) is 0 Å². The summed E-state index contributed by atoms with van der Waals surface area (Å²) in [5.74, 6) is 0. The number of hydrogen-bond donors (Lipinski definition) is 1. The van der Waals surface area contributed by atoms with E-state index in [9.17, 15) is 5.11 Å². The molecule has 0 radical (unpaired) electrons. The second-order valence-electron chi connectivity index (χ2n) is 4.32. The van der Waals surface area contributed by atoms with Gasteiger partial charge in [-0.3, -0.25) is 0 Å². The molecule has 1 aromatic carbocycles. The van der Waals surface area contributed by atoms with Crippen LogP contribution in [0.5, 0.6) is 0 Å². The molecule has 0 amide bonds. The smallest absolute Gasteiger partial charge is 0.0720 e. The fraction of sp³-hybridized carbons (Fsp3) is 0.500. The van der Waals surface area contributed by atoms with E-state index < -0.39 is 5.60 Å². The molecule has 1 saturated carbocycles. The lowest BCUT2D eigenvalue weighted by Gasteiger charge is -2.40. The van der Waals surface area contributed by atoms with Crippen LogP contribution in [0, 0.1) is 0 Å². The average molecular weight is 192 g/mol. The Kier molecular flexibility index (Phi) is 2.57. The Morgan fingerprint density at radius 2 is 2.00 bits per heavy atom. The molecular formula is C12H16O2. The summed E-state index contributed by atoms with van der Waals surface area (Å²) in [6.07, 6.45) is 1.77. The third-order valence-corrected chi connectivity index (χ3v) is 2.66. The minimum atomic E-state index is -0.485. The number of aliphatic hydroxyl groups is 1. The number of hydrogen-bond acceptors (Lipinski definition) is 2. The van der Waals surface area contributed by atoms with Crippen molar-refractivity contribution in [3.63, 3.8) is 0 Å². The molecule has 1 N–H and O–H groups in total. The molecule has 0 saturated heterocycles. The molecule has 1 aromatic rings. The van der Waals surface area contributed by atoms with Crippen LogP contribution in [0.2, 0.25) is 0 Å². The summed E-state index contributed by atoms with van der Waals surface area (Å²) in [6.45, 7) is 2.51. The summed E-state index contributed by atoms with van der Waals surface area (Å²) in [7, 11) is 0. The van der Waals surface area contributed by atoms with Gasteiger partial charge in [0.05, 0.1) is 18.3 Å². The fourth-order valence-electron chi connectivity index (χ4n) is 1.83. The van der Waals surface area contributed by atoms with Crippen LogP contribution in [0.15, 0.2) is 30.3 Å².